The summed E-state index contributed by atoms with van der Waals surface area (Å²) in [5.74, 6) is -0.0326. The van der Waals surface area contributed by atoms with Crippen molar-refractivity contribution in [1.82, 2.24) is 5.32 Å². The molecule has 0 fully saturated rings. The van der Waals surface area contributed by atoms with E-state index in [0.29, 0.717) is 16.9 Å². The second-order valence-corrected chi connectivity index (χ2v) is 8.55. The van der Waals surface area contributed by atoms with Gasteiger partial charge in [-0.1, -0.05) is 30.3 Å². The van der Waals surface area contributed by atoms with Gasteiger partial charge in [0.05, 0.1) is 16.7 Å². The van der Waals surface area contributed by atoms with Gasteiger partial charge in [-0.25, -0.2) is 8.42 Å². The maximum Gasteiger partial charge on any atom is 0.252 e. The fourth-order valence-corrected chi connectivity index (χ4v) is 5.43. The first-order chi connectivity index (χ1) is 11.6. The smallest absolute Gasteiger partial charge is 0.252 e. The van der Waals surface area contributed by atoms with E-state index in [2.05, 4.69) is 11.4 Å². The van der Waals surface area contributed by atoms with Gasteiger partial charge in [0, 0.05) is 5.56 Å². The molecule has 4 rings (SSSR count). The molecular weight excluding hydrogens is 322 g/mol. The van der Waals surface area contributed by atoms with Crippen LogP contribution in [0.3, 0.4) is 0 Å². The molecule has 5 heteroatoms. The molecule has 0 radical (unpaired) electrons. The lowest BCUT2D eigenvalue weighted by atomic mass is 10.00. The number of aryl methyl sites for hydroxylation is 1. The molecule has 2 aromatic rings. The minimum atomic E-state index is -3.24. The van der Waals surface area contributed by atoms with Crippen LogP contribution in [0.25, 0.3) is 0 Å². The summed E-state index contributed by atoms with van der Waals surface area (Å²) in [6.07, 6.45) is 3.47. The van der Waals surface area contributed by atoms with Gasteiger partial charge in [-0.2, -0.15) is 0 Å². The second kappa shape index (κ2) is 5.74. The molecule has 2 aliphatic rings. The largest absolute Gasteiger partial charge is 0.345 e. The molecule has 0 aromatic heterocycles. The molecule has 0 saturated carbocycles. The summed E-state index contributed by atoms with van der Waals surface area (Å²) in [4.78, 5) is 13.1. The van der Waals surface area contributed by atoms with E-state index >= 15 is 0 Å². The third-order valence-corrected chi connectivity index (χ3v) is 6.82. The van der Waals surface area contributed by atoms with Gasteiger partial charge in [0.2, 0.25) is 0 Å². The van der Waals surface area contributed by atoms with Gasteiger partial charge in [-0.3, -0.25) is 4.79 Å². The number of amides is 1. The van der Waals surface area contributed by atoms with Crippen molar-refractivity contribution in [2.24, 2.45) is 0 Å². The van der Waals surface area contributed by atoms with Crippen LogP contribution in [-0.4, -0.2) is 20.1 Å². The molecule has 4 nitrogen and oxygen atoms in total. The number of rotatable bonds is 2. The van der Waals surface area contributed by atoms with Gasteiger partial charge in [0.25, 0.3) is 5.91 Å². The third kappa shape index (κ3) is 2.53. The molecule has 1 aliphatic carbocycles. The number of fused-ring (bicyclic) bond motifs is 2. The van der Waals surface area contributed by atoms with Gasteiger partial charge in [0.1, 0.15) is 0 Å². The highest BCUT2D eigenvalue weighted by Crippen LogP contribution is 2.32. The zero-order valence-electron chi connectivity index (χ0n) is 13.3. The number of hydrogen-bond donors (Lipinski definition) is 1. The van der Waals surface area contributed by atoms with E-state index in [4.69, 9.17) is 0 Å². The highest BCUT2D eigenvalue weighted by atomic mass is 32.2. The molecule has 1 aliphatic heterocycles. The van der Waals surface area contributed by atoms with E-state index in [1.54, 1.807) is 18.2 Å². The summed E-state index contributed by atoms with van der Waals surface area (Å²) >= 11 is 0. The van der Waals surface area contributed by atoms with Gasteiger partial charge in [-0.05, 0) is 54.5 Å². The van der Waals surface area contributed by atoms with Crippen molar-refractivity contribution in [3.63, 3.8) is 0 Å². The summed E-state index contributed by atoms with van der Waals surface area (Å²) in [5, 5.41) is 3.06. The van der Waals surface area contributed by atoms with Crippen LogP contribution in [-0.2, 0) is 22.7 Å². The molecule has 1 amide bonds. The summed E-state index contributed by atoms with van der Waals surface area (Å²) in [7, 11) is -3.24. The number of hydrogen-bond acceptors (Lipinski definition) is 3. The quantitative estimate of drug-likeness (QED) is 0.913. The first kappa shape index (κ1) is 15.4. The third-order valence-electron chi connectivity index (χ3n) is 5.00. The van der Waals surface area contributed by atoms with E-state index in [1.165, 1.54) is 5.56 Å². The van der Waals surface area contributed by atoms with Crippen molar-refractivity contribution in [2.45, 2.75) is 36.6 Å². The van der Waals surface area contributed by atoms with E-state index < -0.39 is 9.84 Å². The average molecular weight is 341 g/mol. The van der Waals surface area contributed by atoms with Crippen molar-refractivity contribution in [3.8, 4) is 0 Å². The Kier molecular flexibility index (Phi) is 3.68. The average Bonchev–Trinajstić information content (AvgIpc) is 3.06. The Labute approximate surface area is 141 Å². The first-order valence-electron chi connectivity index (χ1n) is 8.29. The fraction of sp³-hybridized carbons (Fsp3) is 0.316. The number of sulfone groups is 1. The Bertz CT molecular complexity index is 918. The van der Waals surface area contributed by atoms with Crippen LogP contribution in [0.15, 0.2) is 47.4 Å². The van der Waals surface area contributed by atoms with Gasteiger partial charge < -0.3 is 5.32 Å². The zero-order chi connectivity index (χ0) is 16.7. The SMILES string of the molecule is O=C(NC1CCS(=O)(=O)c2ccccc21)c1cccc2c1CCC2. The molecule has 2 aromatic carbocycles. The molecular formula is C19H19NO3S. The summed E-state index contributed by atoms with van der Waals surface area (Å²) in [6.45, 7) is 0. The summed E-state index contributed by atoms with van der Waals surface area (Å²) in [6, 6.07) is 12.6. The Morgan fingerprint density at radius 2 is 1.88 bits per heavy atom. The zero-order valence-corrected chi connectivity index (χ0v) is 14.1. The predicted molar refractivity (Wildman–Crippen MR) is 91.8 cm³/mol. The summed E-state index contributed by atoms with van der Waals surface area (Å²) < 4.78 is 24.4. The van der Waals surface area contributed by atoms with Crippen molar-refractivity contribution in [1.29, 1.82) is 0 Å². The molecule has 124 valence electrons. The van der Waals surface area contributed by atoms with E-state index in [1.807, 2.05) is 18.2 Å². The van der Waals surface area contributed by atoms with Crippen molar-refractivity contribution < 1.29 is 13.2 Å². The van der Waals surface area contributed by atoms with Crippen LogP contribution < -0.4 is 5.32 Å². The number of carbonyl (C=O) groups is 1. The highest BCUT2D eigenvalue weighted by molar-refractivity contribution is 7.91. The van der Waals surface area contributed by atoms with Crippen LogP contribution in [0.5, 0.6) is 0 Å². The Morgan fingerprint density at radius 1 is 1.04 bits per heavy atom. The molecule has 24 heavy (non-hydrogen) atoms. The number of nitrogens with one attached hydrogen (secondary N) is 1. The van der Waals surface area contributed by atoms with Gasteiger partial charge >= 0.3 is 0 Å². The Hall–Kier alpha value is -2.14. The van der Waals surface area contributed by atoms with Crippen molar-refractivity contribution >= 4 is 15.7 Å². The lowest BCUT2D eigenvalue weighted by molar-refractivity contribution is 0.0933. The monoisotopic (exact) mass is 341 g/mol. The fourth-order valence-electron chi connectivity index (χ4n) is 3.81. The maximum atomic E-state index is 12.8. The van der Waals surface area contributed by atoms with Crippen LogP contribution in [0.2, 0.25) is 0 Å². The van der Waals surface area contributed by atoms with E-state index in [0.717, 1.165) is 30.4 Å². The standard InChI is InChI=1S/C19H19NO3S/c21-19(15-9-4-6-13-5-3-8-14(13)15)20-17-11-12-24(22,23)18-10-2-1-7-16(17)18/h1-2,4,6-7,9-10,17H,3,5,8,11-12H2,(H,20,21). The van der Waals surface area contributed by atoms with Crippen molar-refractivity contribution in [2.75, 3.05) is 5.75 Å². The molecule has 1 heterocycles. The molecule has 0 saturated heterocycles. The normalized spacial score (nSPS) is 20.9. The van der Waals surface area contributed by atoms with Crippen LogP contribution in [0.1, 0.15) is 45.9 Å². The molecule has 1 unspecified atom stereocenters. The van der Waals surface area contributed by atoms with Crippen LogP contribution >= 0.6 is 0 Å². The summed E-state index contributed by atoms with van der Waals surface area (Å²) in [5.41, 5.74) is 3.83. The van der Waals surface area contributed by atoms with Crippen molar-refractivity contribution in [3.05, 3.63) is 64.7 Å². The van der Waals surface area contributed by atoms with Crippen LogP contribution in [0.4, 0.5) is 0 Å². The topological polar surface area (TPSA) is 63.2 Å². The molecule has 0 spiro atoms. The number of carbonyl (C=O) groups excluding carboxylic acids is 1. The van der Waals surface area contributed by atoms with E-state index in [9.17, 15) is 13.2 Å². The Balaban J connectivity index is 1.65. The second-order valence-electron chi connectivity index (χ2n) is 6.47. The maximum absolute atomic E-state index is 12.8. The Morgan fingerprint density at radius 3 is 2.75 bits per heavy atom. The van der Waals surface area contributed by atoms with Crippen LogP contribution in [0, 0.1) is 0 Å². The molecule has 1 atom stereocenters. The first-order valence-corrected chi connectivity index (χ1v) is 9.95. The van der Waals surface area contributed by atoms with Gasteiger partial charge in [-0.15, -0.1) is 0 Å². The minimum Gasteiger partial charge on any atom is -0.345 e. The predicted octanol–water partition coefficient (Wildman–Crippen LogP) is 2.82. The molecule has 0 bridgehead atoms. The lowest BCUT2D eigenvalue weighted by Gasteiger charge is -2.26. The lowest BCUT2D eigenvalue weighted by Crippen LogP contribution is -2.34. The highest BCUT2D eigenvalue weighted by Gasteiger charge is 2.31. The van der Waals surface area contributed by atoms with Gasteiger partial charge in [0.15, 0.2) is 9.84 Å². The number of benzene rings is 2. The molecule has 1 N–H and O–H groups in total. The van der Waals surface area contributed by atoms with E-state index in [-0.39, 0.29) is 17.7 Å². The minimum absolute atomic E-state index is 0.0713.